The van der Waals surface area contributed by atoms with Gasteiger partial charge in [-0.05, 0) is 0 Å². The molecule has 0 atom stereocenters. The summed E-state index contributed by atoms with van der Waals surface area (Å²) >= 11 is 17.9. The SMILES string of the molecule is O=C(CBr)OCC(COCC(COC(=O)CBr)(COC(=O)CBr)COC(=O)CBr)(COC(=O)CBr)COC(=O)CBr. The van der Waals surface area contributed by atoms with Crippen molar-refractivity contribution < 1.29 is 61.9 Å². The molecular weight excluding hydrogens is 952 g/mol. The second-order valence-corrected chi connectivity index (χ2v) is 11.6. The molecule has 0 aliphatic heterocycles. The van der Waals surface area contributed by atoms with Crippen LogP contribution in [0, 0.1) is 10.8 Å². The molecule has 0 fully saturated rings. The predicted octanol–water partition coefficient (Wildman–Crippen LogP) is 2.60. The molecule has 0 aliphatic rings. The summed E-state index contributed by atoms with van der Waals surface area (Å²) in [4.78, 5) is 71.5. The Hall–Kier alpha value is -0.340. The lowest BCUT2D eigenvalue weighted by atomic mass is 9.90. The van der Waals surface area contributed by atoms with Crippen LogP contribution in [0.2, 0.25) is 0 Å². The number of hydrogen-bond acceptors (Lipinski definition) is 13. The van der Waals surface area contributed by atoms with E-state index < -0.39 is 46.6 Å². The first kappa shape index (κ1) is 40.7. The van der Waals surface area contributed by atoms with Gasteiger partial charge in [-0.1, -0.05) is 95.6 Å². The Balaban J connectivity index is 6.21. The maximum atomic E-state index is 11.9. The van der Waals surface area contributed by atoms with Crippen molar-refractivity contribution in [3.8, 4) is 0 Å². The van der Waals surface area contributed by atoms with E-state index in [-0.39, 0.29) is 84.8 Å². The predicted molar refractivity (Wildman–Crippen MR) is 164 cm³/mol. The molecule has 0 saturated heterocycles. The Morgan fingerprint density at radius 1 is 0.341 bits per heavy atom. The van der Waals surface area contributed by atoms with E-state index in [2.05, 4.69) is 95.6 Å². The minimum absolute atomic E-state index is 0.133. The Kier molecular flexibility index (Phi) is 22.9. The fourth-order valence-corrected chi connectivity index (χ4v) is 3.59. The second kappa shape index (κ2) is 23.1. The van der Waals surface area contributed by atoms with Gasteiger partial charge in [-0.15, -0.1) is 0 Å². The van der Waals surface area contributed by atoms with Crippen molar-refractivity contribution in [3.05, 3.63) is 0 Å². The molecule has 0 rings (SSSR count). The van der Waals surface area contributed by atoms with Crippen molar-refractivity contribution in [2.45, 2.75) is 0 Å². The lowest BCUT2D eigenvalue weighted by Crippen LogP contribution is -2.47. The summed E-state index contributed by atoms with van der Waals surface area (Å²) in [5.41, 5.74) is -2.77. The van der Waals surface area contributed by atoms with Crippen LogP contribution in [0.5, 0.6) is 0 Å². The first-order valence-corrected chi connectivity index (χ1v) is 18.0. The normalized spacial score (nSPS) is 11.3. The van der Waals surface area contributed by atoms with Gasteiger partial charge in [0.25, 0.3) is 0 Å². The molecular formula is C22H28Br6O13. The molecule has 0 aliphatic carbocycles. The zero-order chi connectivity index (χ0) is 31.3. The average Bonchev–Trinajstić information content (AvgIpc) is 3.00. The minimum Gasteiger partial charge on any atom is -0.464 e. The first-order valence-electron chi connectivity index (χ1n) is 11.3. The molecule has 0 aromatic heterocycles. The Bertz CT molecular complexity index is 704. The fourth-order valence-electron chi connectivity index (χ4n) is 2.62. The molecule has 13 nitrogen and oxygen atoms in total. The van der Waals surface area contributed by atoms with Crippen LogP contribution in [0.4, 0.5) is 0 Å². The van der Waals surface area contributed by atoms with Gasteiger partial charge >= 0.3 is 35.8 Å². The number of alkyl halides is 6. The van der Waals surface area contributed by atoms with Crippen molar-refractivity contribution >= 4 is 131 Å². The zero-order valence-corrected chi connectivity index (χ0v) is 31.0. The van der Waals surface area contributed by atoms with Crippen LogP contribution in [0.15, 0.2) is 0 Å². The molecule has 0 saturated carbocycles. The quantitative estimate of drug-likeness (QED) is 0.0884. The van der Waals surface area contributed by atoms with Crippen LogP contribution in [-0.2, 0) is 61.9 Å². The van der Waals surface area contributed by atoms with Crippen LogP contribution in [0.3, 0.4) is 0 Å². The number of ether oxygens (including phenoxy) is 7. The molecule has 0 aromatic rings. The van der Waals surface area contributed by atoms with Gasteiger partial charge in [0, 0.05) is 0 Å². The molecule has 0 unspecified atom stereocenters. The average molecular weight is 980 g/mol. The van der Waals surface area contributed by atoms with Gasteiger partial charge < -0.3 is 33.2 Å². The Morgan fingerprint density at radius 2 is 0.512 bits per heavy atom. The molecule has 41 heavy (non-hydrogen) atoms. The van der Waals surface area contributed by atoms with E-state index in [1.165, 1.54) is 0 Å². The first-order chi connectivity index (χ1) is 19.4. The number of carbonyl (C=O) groups excluding carboxylic acids is 6. The summed E-state index contributed by atoms with van der Waals surface area (Å²) in [5, 5.41) is -0.796. The summed E-state index contributed by atoms with van der Waals surface area (Å²) in [5.74, 6) is -3.88. The fraction of sp³-hybridized carbons (Fsp3) is 0.727. The molecule has 0 aromatic carbocycles. The molecule has 0 spiro atoms. The summed E-state index contributed by atoms with van der Waals surface area (Å²) in [6.45, 7) is -2.97. The largest absolute Gasteiger partial charge is 0.464 e. The highest BCUT2D eigenvalue weighted by molar-refractivity contribution is 9.10. The molecule has 0 radical (unpaired) electrons. The van der Waals surface area contributed by atoms with Crippen molar-refractivity contribution in [2.24, 2.45) is 10.8 Å². The topological polar surface area (TPSA) is 167 Å². The van der Waals surface area contributed by atoms with Crippen molar-refractivity contribution in [1.29, 1.82) is 0 Å². The summed E-state index contributed by atoms with van der Waals surface area (Å²) in [7, 11) is 0. The van der Waals surface area contributed by atoms with E-state index in [9.17, 15) is 28.8 Å². The minimum atomic E-state index is -1.38. The molecule has 236 valence electrons. The number of hydrogen-bond donors (Lipinski definition) is 0. The third-order valence-corrected chi connectivity index (χ3v) is 7.45. The molecule has 0 amide bonds. The highest BCUT2D eigenvalue weighted by atomic mass is 79.9. The third-order valence-electron chi connectivity index (χ3n) is 4.71. The molecule has 0 bridgehead atoms. The van der Waals surface area contributed by atoms with E-state index in [1.807, 2.05) is 0 Å². The summed E-state index contributed by atoms with van der Waals surface area (Å²) < 4.78 is 37.5. The van der Waals surface area contributed by atoms with Crippen LogP contribution in [0.1, 0.15) is 0 Å². The highest BCUT2D eigenvalue weighted by Crippen LogP contribution is 2.26. The van der Waals surface area contributed by atoms with E-state index in [0.29, 0.717) is 0 Å². The Labute approximate surface area is 286 Å². The summed E-state index contributed by atoms with van der Waals surface area (Å²) in [6, 6.07) is 0. The molecule has 0 N–H and O–H groups in total. The maximum Gasteiger partial charge on any atom is 0.316 e. The van der Waals surface area contributed by atoms with Gasteiger partial charge in [0.15, 0.2) is 0 Å². The standard InChI is InChI=1S/C22H28Br6O13/c23-1-15(29)36-9-21(10-37-16(30)2-24,11-38-17(31)3-25)7-35-8-22(12-39-18(32)4-26,13-40-19(33)5-27)14-41-20(34)6-28/h1-14H2. The van der Waals surface area contributed by atoms with Gasteiger partial charge in [-0.25, -0.2) is 0 Å². The van der Waals surface area contributed by atoms with Gasteiger partial charge in [-0.2, -0.15) is 0 Å². The van der Waals surface area contributed by atoms with E-state index >= 15 is 0 Å². The monoisotopic (exact) mass is 974 g/mol. The van der Waals surface area contributed by atoms with Crippen molar-refractivity contribution in [2.75, 3.05) is 84.8 Å². The van der Waals surface area contributed by atoms with Gasteiger partial charge in [0.1, 0.15) is 71.6 Å². The van der Waals surface area contributed by atoms with Gasteiger partial charge in [0.05, 0.1) is 24.0 Å². The maximum absolute atomic E-state index is 11.9. The number of halogens is 6. The van der Waals surface area contributed by atoms with Crippen LogP contribution < -0.4 is 0 Å². The zero-order valence-electron chi connectivity index (χ0n) is 21.5. The molecule has 0 heterocycles. The van der Waals surface area contributed by atoms with Crippen LogP contribution >= 0.6 is 95.6 Å². The molecule has 19 heteroatoms. The van der Waals surface area contributed by atoms with Crippen LogP contribution in [0.25, 0.3) is 0 Å². The van der Waals surface area contributed by atoms with E-state index in [0.717, 1.165) is 0 Å². The lowest BCUT2D eigenvalue weighted by molar-refractivity contribution is -0.172. The van der Waals surface area contributed by atoms with Crippen molar-refractivity contribution in [1.82, 2.24) is 0 Å². The van der Waals surface area contributed by atoms with E-state index in [1.54, 1.807) is 0 Å². The van der Waals surface area contributed by atoms with Gasteiger partial charge in [-0.3, -0.25) is 28.8 Å². The lowest BCUT2D eigenvalue weighted by Gasteiger charge is -2.35. The Morgan fingerprint density at radius 3 is 0.659 bits per heavy atom. The van der Waals surface area contributed by atoms with Crippen LogP contribution in [-0.4, -0.2) is 121 Å². The van der Waals surface area contributed by atoms with E-state index in [4.69, 9.17) is 33.2 Å². The van der Waals surface area contributed by atoms with Crippen molar-refractivity contribution in [3.63, 3.8) is 0 Å². The number of rotatable bonds is 22. The van der Waals surface area contributed by atoms with Gasteiger partial charge in [0.2, 0.25) is 0 Å². The third kappa shape index (κ3) is 18.2. The summed E-state index contributed by atoms with van der Waals surface area (Å²) in [6.07, 6.45) is 0. The number of carbonyl (C=O) groups is 6. The highest BCUT2D eigenvalue weighted by Gasteiger charge is 2.40. The number of esters is 6. The second-order valence-electron chi connectivity index (χ2n) is 8.26. The smallest absolute Gasteiger partial charge is 0.316 e.